The maximum absolute atomic E-state index is 5.32. The molecule has 1 aromatic carbocycles. The molecular formula is C15H24O. The molecule has 0 fully saturated rings. The van der Waals surface area contributed by atoms with Gasteiger partial charge < -0.3 is 4.74 Å². The smallest absolute Gasteiger partial charge is 0.119 e. The van der Waals surface area contributed by atoms with Crippen LogP contribution in [0.3, 0.4) is 0 Å². The molecule has 90 valence electrons. The lowest BCUT2D eigenvalue weighted by atomic mass is 9.75. The molecule has 0 radical (unpaired) electrons. The van der Waals surface area contributed by atoms with E-state index in [1.54, 1.807) is 7.11 Å². The zero-order valence-corrected chi connectivity index (χ0v) is 11.6. The molecule has 0 aromatic heterocycles. The zero-order valence-electron chi connectivity index (χ0n) is 11.6. The van der Waals surface area contributed by atoms with Crippen LogP contribution in [0.4, 0.5) is 0 Å². The summed E-state index contributed by atoms with van der Waals surface area (Å²) < 4.78 is 5.32. The van der Waals surface area contributed by atoms with E-state index in [1.165, 1.54) is 11.1 Å². The van der Waals surface area contributed by atoms with Crippen LogP contribution in [0.1, 0.15) is 52.7 Å². The van der Waals surface area contributed by atoms with Crippen molar-refractivity contribution in [1.29, 1.82) is 0 Å². The van der Waals surface area contributed by atoms with Crippen molar-refractivity contribution >= 4 is 0 Å². The normalized spacial score (nSPS) is 12.7. The first-order chi connectivity index (χ1) is 7.16. The summed E-state index contributed by atoms with van der Waals surface area (Å²) >= 11 is 0. The lowest BCUT2D eigenvalue weighted by Crippen LogP contribution is -2.21. The minimum atomic E-state index is 0.150. The average molecular weight is 220 g/mol. The number of rotatable bonds is 1. The van der Waals surface area contributed by atoms with Gasteiger partial charge >= 0.3 is 0 Å². The van der Waals surface area contributed by atoms with E-state index >= 15 is 0 Å². The van der Waals surface area contributed by atoms with E-state index in [-0.39, 0.29) is 10.8 Å². The van der Waals surface area contributed by atoms with Gasteiger partial charge in [0.1, 0.15) is 5.75 Å². The molecular weight excluding hydrogens is 196 g/mol. The van der Waals surface area contributed by atoms with Gasteiger partial charge in [0.05, 0.1) is 7.11 Å². The third-order valence-electron chi connectivity index (χ3n) is 2.84. The van der Waals surface area contributed by atoms with Crippen LogP contribution in [0.15, 0.2) is 18.2 Å². The monoisotopic (exact) mass is 220 g/mol. The molecule has 0 bridgehead atoms. The summed E-state index contributed by atoms with van der Waals surface area (Å²) in [6.45, 7) is 13.5. The van der Waals surface area contributed by atoms with Gasteiger partial charge in [-0.25, -0.2) is 0 Å². The molecule has 0 atom stereocenters. The highest BCUT2D eigenvalue weighted by molar-refractivity contribution is 5.42. The largest absolute Gasteiger partial charge is 0.497 e. The molecule has 0 saturated carbocycles. The van der Waals surface area contributed by atoms with E-state index in [9.17, 15) is 0 Å². The highest BCUT2D eigenvalue weighted by atomic mass is 16.5. The van der Waals surface area contributed by atoms with Gasteiger partial charge in [0.2, 0.25) is 0 Å². The van der Waals surface area contributed by atoms with Crippen molar-refractivity contribution in [3.05, 3.63) is 29.3 Å². The van der Waals surface area contributed by atoms with Crippen molar-refractivity contribution in [2.75, 3.05) is 7.11 Å². The topological polar surface area (TPSA) is 9.23 Å². The summed E-state index contributed by atoms with van der Waals surface area (Å²) in [4.78, 5) is 0. The Morgan fingerprint density at radius 3 is 1.69 bits per heavy atom. The van der Waals surface area contributed by atoms with Crippen molar-refractivity contribution in [2.24, 2.45) is 0 Å². The predicted octanol–water partition coefficient (Wildman–Crippen LogP) is 4.29. The van der Waals surface area contributed by atoms with Crippen LogP contribution in [0.5, 0.6) is 5.75 Å². The minimum Gasteiger partial charge on any atom is -0.497 e. The van der Waals surface area contributed by atoms with Gasteiger partial charge in [0.15, 0.2) is 0 Å². The van der Waals surface area contributed by atoms with Crippen molar-refractivity contribution in [3.63, 3.8) is 0 Å². The number of hydrogen-bond acceptors (Lipinski definition) is 1. The second-order valence-electron chi connectivity index (χ2n) is 6.41. The lowest BCUT2D eigenvalue weighted by molar-refractivity contribution is 0.411. The Morgan fingerprint density at radius 2 is 1.31 bits per heavy atom. The van der Waals surface area contributed by atoms with E-state index in [0.29, 0.717) is 0 Å². The molecule has 1 aromatic rings. The number of hydrogen-bond donors (Lipinski definition) is 0. The molecule has 0 aliphatic rings. The molecule has 0 spiro atoms. The van der Waals surface area contributed by atoms with Crippen LogP contribution in [0, 0.1) is 0 Å². The Bertz CT molecular complexity index is 364. The van der Waals surface area contributed by atoms with E-state index in [1.807, 2.05) is 0 Å². The van der Waals surface area contributed by atoms with Gasteiger partial charge in [-0.05, 0) is 34.1 Å². The Kier molecular flexibility index (Phi) is 3.37. The highest BCUT2D eigenvalue weighted by Crippen LogP contribution is 2.35. The third kappa shape index (κ3) is 2.78. The fourth-order valence-electron chi connectivity index (χ4n) is 1.92. The summed E-state index contributed by atoms with van der Waals surface area (Å²) in [7, 11) is 1.72. The molecule has 0 N–H and O–H groups in total. The first-order valence-electron chi connectivity index (χ1n) is 5.85. The van der Waals surface area contributed by atoms with Crippen LogP contribution >= 0.6 is 0 Å². The van der Waals surface area contributed by atoms with Crippen LogP contribution < -0.4 is 4.74 Å². The molecule has 0 amide bonds. The van der Waals surface area contributed by atoms with Gasteiger partial charge in [-0.2, -0.15) is 0 Å². The quantitative estimate of drug-likeness (QED) is 0.686. The summed E-state index contributed by atoms with van der Waals surface area (Å²) in [5.74, 6) is 0.943. The second-order valence-corrected chi connectivity index (χ2v) is 6.41. The minimum absolute atomic E-state index is 0.150. The molecule has 16 heavy (non-hydrogen) atoms. The van der Waals surface area contributed by atoms with Crippen molar-refractivity contribution in [1.82, 2.24) is 0 Å². The van der Waals surface area contributed by atoms with E-state index in [2.05, 4.69) is 59.7 Å². The SMILES string of the molecule is COc1ccc(C(C)(C)C)c(C(C)(C)C)c1. The Hall–Kier alpha value is -0.980. The molecule has 0 saturated heterocycles. The van der Waals surface area contributed by atoms with Crippen LogP contribution in [-0.4, -0.2) is 7.11 Å². The molecule has 1 rings (SSSR count). The van der Waals surface area contributed by atoms with Crippen LogP contribution in [0.25, 0.3) is 0 Å². The van der Waals surface area contributed by atoms with Crippen LogP contribution in [0.2, 0.25) is 0 Å². The molecule has 1 nitrogen and oxygen atoms in total. The fourth-order valence-corrected chi connectivity index (χ4v) is 1.92. The summed E-state index contributed by atoms with van der Waals surface area (Å²) in [6.07, 6.45) is 0. The van der Waals surface area contributed by atoms with Crippen molar-refractivity contribution in [2.45, 2.75) is 52.4 Å². The number of ether oxygens (including phenoxy) is 1. The van der Waals surface area contributed by atoms with Crippen molar-refractivity contribution < 1.29 is 4.74 Å². The Morgan fingerprint density at radius 1 is 0.812 bits per heavy atom. The van der Waals surface area contributed by atoms with Gasteiger partial charge in [0.25, 0.3) is 0 Å². The fraction of sp³-hybridized carbons (Fsp3) is 0.600. The molecule has 1 heteroatoms. The van der Waals surface area contributed by atoms with Gasteiger partial charge in [0, 0.05) is 0 Å². The second kappa shape index (κ2) is 4.12. The Labute approximate surface area is 99.8 Å². The molecule has 0 aliphatic heterocycles. The Balaban J connectivity index is 3.40. The highest BCUT2D eigenvalue weighted by Gasteiger charge is 2.25. The molecule has 0 unspecified atom stereocenters. The van der Waals surface area contributed by atoms with E-state index < -0.39 is 0 Å². The van der Waals surface area contributed by atoms with Gasteiger partial charge in [-0.15, -0.1) is 0 Å². The van der Waals surface area contributed by atoms with Crippen LogP contribution in [-0.2, 0) is 10.8 Å². The third-order valence-corrected chi connectivity index (χ3v) is 2.84. The standard InChI is InChI=1S/C15H24O/c1-14(2,3)12-9-8-11(16-7)10-13(12)15(4,5)6/h8-10H,1-7H3. The first kappa shape index (κ1) is 13.1. The average Bonchev–Trinajstić information content (AvgIpc) is 2.14. The van der Waals surface area contributed by atoms with Gasteiger partial charge in [-0.3, -0.25) is 0 Å². The maximum Gasteiger partial charge on any atom is 0.119 e. The summed E-state index contributed by atoms with van der Waals surface area (Å²) in [5, 5.41) is 0. The van der Waals surface area contributed by atoms with Crippen molar-refractivity contribution in [3.8, 4) is 5.75 Å². The zero-order chi connectivity index (χ0) is 12.6. The molecule has 0 heterocycles. The van der Waals surface area contributed by atoms with E-state index in [0.717, 1.165) is 5.75 Å². The lowest BCUT2D eigenvalue weighted by Gasteiger charge is -2.30. The van der Waals surface area contributed by atoms with Gasteiger partial charge in [-0.1, -0.05) is 47.6 Å². The number of benzene rings is 1. The maximum atomic E-state index is 5.32. The summed E-state index contributed by atoms with van der Waals surface area (Å²) in [5.41, 5.74) is 3.10. The summed E-state index contributed by atoms with van der Waals surface area (Å²) in [6, 6.07) is 6.41. The predicted molar refractivity (Wildman–Crippen MR) is 70.4 cm³/mol. The number of methoxy groups -OCH3 is 1. The molecule has 0 aliphatic carbocycles. The van der Waals surface area contributed by atoms with E-state index in [4.69, 9.17) is 4.74 Å². The first-order valence-corrected chi connectivity index (χ1v) is 5.85.